The molecule has 0 bridgehead atoms. The summed E-state index contributed by atoms with van der Waals surface area (Å²) in [5, 5.41) is 9.73. The van der Waals surface area contributed by atoms with Crippen LogP contribution in [0.25, 0.3) is 11.1 Å². The fraction of sp³-hybridized carbons (Fsp3) is 0.0909. The van der Waals surface area contributed by atoms with Crippen LogP contribution in [0.4, 0.5) is 0 Å². The first-order valence-electron chi connectivity index (χ1n) is 4.90. The van der Waals surface area contributed by atoms with E-state index in [9.17, 15) is 9.90 Å². The average molecular weight is 296 g/mol. The van der Waals surface area contributed by atoms with Gasteiger partial charge in [-0.25, -0.2) is 0 Å². The lowest BCUT2D eigenvalue weighted by Crippen LogP contribution is -2.16. The molecule has 0 amide bonds. The van der Waals surface area contributed by atoms with Gasteiger partial charge in [0.1, 0.15) is 11.4 Å². The van der Waals surface area contributed by atoms with Crippen LogP contribution in [0, 0.1) is 0 Å². The normalized spacial score (nSPS) is 10.5. The van der Waals surface area contributed by atoms with Crippen LogP contribution in [0.3, 0.4) is 0 Å². The fourth-order valence-electron chi connectivity index (χ4n) is 1.48. The molecule has 1 aromatic carbocycles. The fourth-order valence-corrected chi connectivity index (χ4v) is 1.74. The predicted molar refractivity (Wildman–Crippen MR) is 67.5 cm³/mol. The minimum absolute atomic E-state index is 0.0728. The number of nitrogens with zero attached hydrogens (tertiary/aromatic N) is 1. The van der Waals surface area contributed by atoms with Crippen LogP contribution in [0.15, 0.2) is 33.5 Å². The minimum atomic E-state index is -0.403. The molecule has 0 saturated heterocycles. The molecule has 1 aromatic heterocycles. The molecule has 5 nitrogen and oxygen atoms in total. The number of aromatic nitrogens is 2. The maximum Gasteiger partial charge on any atom is 0.262 e. The molecular formula is C11H10BrN3O2. The molecule has 2 rings (SSSR count). The Morgan fingerprint density at radius 1 is 1.35 bits per heavy atom. The van der Waals surface area contributed by atoms with E-state index in [0.717, 1.165) is 4.47 Å². The van der Waals surface area contributed by atoms with Gasteiger partial charge in [-0.15, -0.1) is 0 Å². The quantitative estimate of drug-likeness (QED) is 0.780. The first-order chi connectivity index (χ1) is 8.11. The van der Waals surface area contributed by atoms with E-state index in [2.05, 4.69) is 25.9 Å². The second-order valence-corrected chi connectivity index (χ2v) is 4.34. The van der Waals surface area contributed by atoms with Gasteiger partial charge in [-0.3, -0.25) is 4.79 Å². The Hall–Kier alpha value is -1.66. The Morgan fingerprint density at radius 2 is 2.00 bits per heavy atom. The maximum atomic E-state index is 11.8. The molecule has 0 fully saturated rings. The molecule has 0 aliphatic carbocycles. The van der Waals surface area contributed by atoms with Crippen LogP contribution in [-0.4, -0.2) is 15.1 Å². The molecule has 0 radical (unpaired) electrons. The van der Waals surface area contributed by atoms with Crippen molar-refractivity contribution in [2.24, 2.45) is 5.73 Å². The molecule has 88 valence electrons. The Kier molecular flexibility index (Phi) is 3.26. The van der Waals surface area contributed by atoms with Crippen molar-refractivity contribution in [3.05, 3.63) is 44.9 Å². The van der Waals surface area contributed by atoms with Crippen LogP contribution in [0.5, 0.6) is 5.88 Å². The molecule has 0 aliphatic heterocycles. The van der Waals surface area contributed by atoms with Crippen molar-refractivity contribution in [2.75, 3.05) is 0 Å². The number of benzene rings is 1. The van der Waals surface area contributed by atoms with Gasteiger partial charge in [-0.2, -0.15) is 4.98 Å². The minimum Gasteiger partial charge on any atom is -0.493 e. The van der Waals surface area contributed by atoms with Gasteiger partial charge in [0.05, 0.1) is 6.54 Å². The van der Waals surface area contributed by atoms with Gasteiger partial charge in [-0.1, -0.05) is 28.1 Å². The summed E-state index contributed by atoms with van der Waals surface area (Å²) in [6, 6.07) is 7.01. The molecule has 6 heteroatoms. The van der Waals surface area contributed by atoms with Crippen LogP contribution in [-0.2, 0) is 6.54 Å². The Balaban J connectivity index is 2.60. The van der Waals surface area contributed by atoms with Crippen molar-refractivity contribution in [1.82, 2.24) is 9.97 Å². The first-order valence-corrected chi connectivity index (χ1v) is 5.69. The number of hydrogen-bond acceptors (Lipinski definition) is 4. The summed E-state index contributed by atoms with van der Waals surface area (Å²) in [6.07, 6.45) is 0. The van der Waals surface area contributed by atoms with E-state index < -0.39 is 5.56 Å². The van der Waals surface area contributed by atoms with Crippen molar-refractivity contribution in [3.8, 4) is 17.0 Å². The SMILES string of the molecule is NCc1nc(O)c(-c2ccc(Br)cc2)c(=O)[nH]1. The van der Waals surface area contributed by atoms with Gasteiger partial charge < -0.3 is 15.8 Å². The summed E-state index contributed by atoms with van der Waals surface area (Å²) >= 11 is 3.30. The Labute approximate surface area is 105 Å². The summed E-state index contributed by atoms with van der Waals surface area (Å²) in [7, 11) is 0. The van der Waals surface area contributed by atoms with E-state index in [-0.39, 0.29) is 23.8 Å². The maximum absolute atomic E-state index is 11.8. The number of nitrogens with one attached hydrogen (secondary N) is 1. The second-order valence-electron chi connectivity index (χ2n) is 3.42. The molecule has 4 N–H and O–H groups in total. The van der Waals surface area contributed by atoms with Crippen molar-refractivity contribution in [2.45, 2.75) is 6.54 Å². The number of nitrogens with two attached hydrogens (primary N) is 1. The highest BCUT2D eigenvalue weighted by atomic mass is 79.9. The summed E-state index contributed by atoms with van der Waals surface area (Å²) in [6.45, 7) is 0.0728. The lowest BCUT2D eigenvalue weighted by molar-refractivity contribution is 0.450. The highest BCUT2D eigenvalue weighted by Gasteiger charge is 2.12. The molecule has 1 heterocycles. The van der Waals surface area contributed by atoms with Crippen LogP contribution < -0.4 is 11.3 Å². The smallest absolute Gasteiger partial charge is 0.262 e. The van der Waals surface area contributed by atoms with Gasteiger partial charge in [0.15, 0.2) is 0 Å². The molecule has 0 atom stereocenters. The molecule has 2 aromatic rings. The summed E-state index contributed by atoms with van der Waals surface area (Å²) in [5.74, 6) is -0.0510. The van der Waals surface area contributed by atoms with Gasteiger partial charge in [-0.05, 0) is 17.7 Å². The van der Waals surface area contributed by atoms with Crippen molar-refractivity contribution in [3.63, 3.8) is 0 Å². The van der Waals surface area contributed by atoms with Gasteiger partial charge in [0, 0.05) is 4.47 Å². The second kappa shape index (κ2) is 4.68. The number of aromatic amines is 1. The monoisotopic (exact) mass is 295 g/mol. The van der Waals surface area contributed by atoms with Crippen LogP contribution in [0.2, 0.25) is 0 Å². The summed E-state index contributed by atoms with van der Waals surface area (Å²) in [4.78, 5) is 18.1. The Morgan fingerprint density at radius 3 is 2.53 bits per heavy atom. The van der Waals surface area contributed by atoms with Crippen molar-refractivity contribution in [1.29, 1.82) is 0 Å². The van der Waals surface area contributed by atoms with Gasteiger partial charge in [0.25, 0.3) is 5.56 Å². The van der Waals surface area contributed by atoms with Crippen molar-refractivity contribution >= 4 is 15.9 Å². The number of rotatable bonds is 2. The topological polar surface area (TPSA) is 92.0 Å². The van der Waals surface area contributed by atoms with E-state index in [4.69, 9.17) is 5.73 Å². The average Bonchev–Trinajstić information content (AvgIpc) is 2.30. The summed E-state index contributed by atoms with van der Waals surface area (Å²) in [5.41, 5.74) is 5.69. The molecule has 0 aliphatic rings. The zero-order valence-electron chi connectivity index (χ0n) is 8.77. The van der Waals surface area contributed by atoms with Crippen LogP contribution in [0.1, 0.15) is 5.82 Å². The molecule has 17 heavy (non-hydrogen) atoms. The molecule has 0 spiro atoms. The van der Waals surface area contributed by atoms with E-state index in [1.165, 1.54) is 0 Å². The third kappa shape index (κ3) is 2.37. The third-order valence-electron chi connectivity index (χ3n) is 2.28. The number of aromatic hydroxyl groups is 1. The highest BCUT2D eigenvalue weighted by Crippen LogP contribution is 2.24. The Bertz CT molecular complexity index is 593. The molecular weight excluding hydrogens is 286 g/mol. The van der Waals surface area contributed by atoms with E-state index in [0.29, 0.717) is 5.56 Å². The first kappa shape index (κ1) is 11.8. The number of hydrogen-bond donors (Lipinski definition) is 3. The predicted octanol–water partition coefficient (Wildman–Crippen LogP) is 1.36. The summed E-state index contributed by atoms with van der Waals surface area (Å²) < 4.78 is 0.892. The largest absolute Gasteiger partial charge is 0.493 e. The lowest BCUT2D eigenvalue weighted by atomic mass is 10.1. The van der Waals surface area contributed by atoms with E-state index >= 15 is 0 Å². The van der Waals surface area contributed by atoms with Gasteiger partial charge in [0.2, 0.25) is 5.88 Å². The zero-order chi connectivity index (χ0) is 12.4. The van der Waals surface area contributed by atoms with Gasteiger partial charge >= 0.3 is 0 Å². The standard InChI is InChI=1S/C11H10BrN3O2/c12-7-3-1-6(2-4-7)9-10(16)14-8(5-13)15-11(9)17/h1-4H,5,13H2,(H2,14,15,16,17). The number of halogens is 1. The number of H-pyrrole nitrogens is 1. The van der Waals surface area contributed by atoms with Crippen LogP contribution >= 0.6 is 15.9 Å². The van der Waals surface area contributed by atoms with E-state index in [1.54, 1.807) is 24.3 Å². The lowest BCUT2D eigenvalue weighted by Gasteiger charge is -2.04. The zero-order valence-corrected chi connectivity index (χ0v) is 10.4. The molecule has 0 saturated carbocycles. The van der Waals surface area contributed by atoms with Crippen molar-refractivity contribution < 1.29 is 5.11 Å². The highest BCUT2D eigenvalue weighted by molar-refractivity contribution is 9.10. The third-order valence-corrected chi connectivity index (χ3v) is 2.80. The molecule has 0 unspecified atom stereocenters. The van der Waals surface area contributed by atoms with E-state index in [1.807, 2.05) is 0 Å².